The highest BCUT2D eigenvalue weighted by atomic mass is 35.5. The summed E-state index contributed by atoms with van der Waals surface area (Å²) in [4.78, 5) is 21.1. The predicted molar refractivity (Wildman–Crippen MR) is 96.9 cm³/mol. The number of fused-ring (bicyclic) bond motifs is 1. The van der Waals surface area contributed by atoms with Crippen molar-refractivity contribution in [2.45, 2.75) is 40.2 Å². The molecule has 0 saturated heterocycles. The Balaban J connectivity index is 2.08. The van der Waals surface area contributed by atoms with Crippen molar-refractivity contribution in [1.82, 2.24) is 19.7 Å². The fraction of sp³-hybridized carbons (Fsp3) is 0.333. The molecule has 0 aliphatic rings. The number of carbonyl (C=O) groups is 1. The number of carbonyl (C=O) groups excluding carboxylic acids is 1. The van der Waals surface area contributed by atoms with Gasteiger partial charge in [-0.05, 0) is 52.8 Å². The van der Waals surface area contributed by atoms with Gasteiger partial charge in [0.15, 0.2) is 0 Å². The molecule has 0 amide bonds. The Labute approximate surface area is 150 Å². The maximum atomic E-state index is 12.4. The van der Waals surface area contributed by atoms with Crippen LogP contribution in [0.2, 0.25) is 5.15 Å². The van der Waals surface area contributed by atoms with Crippen molar-refractivity contribution in [3.05, 3.63) is 40.9 Å². The van der Waals surface area contributed by atoms with E-state index in [4.69, 9.17) is 16.3 Å². The quantitative estimate of drug-likeness (QED) is 0.597. The lowest BCUT2D eigenvalue weighted by Crippen LogP contribution is -2.28. The summed E-state index contributed by atoms with van der Waals surface area (Å²) in [5.74, 6) is 0. The molecule has 7 heteroatoms. The van der Waals surface area contributed by atoms with Gasteiger partial charge in [-0.15, -0.1) is 0 Å². The first-order chi connectivity index (χ1) is 11.7. The third-order valence-electron chi connectivity index (χ3n) is 3.65. The molecule has 3 rings (SSSR count). The summed E-state index contributed by atoms with van der Waals surface area (Å²) in [5.41, 5.74) is 3.92. The maximum Gasteiger partial charge on any atom is 0.435 e. The summed E-state index contributed by atoms with van der Waals surface area (Å²) in [6.07, 6.45) is 1.24. The molecule has 6 nitrogen and oxygen atoms in total. The number of hydrogen-bond donors (Lipinski definition) is 0. The molecule has 0 aliphatic carbocycles. The van der Waals surface area contributed by atoms with Gasteiger partial charge in [0.25, 0.3) is 0 Å². The molecule has 3 aromatic heterocycles. The minimum absolute atomic E-state index is 0.407. The van der Waals surface area contributed by atoms with Crippen LogP contribution in [0.5, 0.6) is 0 Å². The van der Waals surface area contributed by atoms with Crippen molar-refractivity contribution in [1.29, 1.82) is 0 Å². The highest BCUT2D eigenvalue weighted by Gasteiger charge is 2.23. The predicted octanol–water partition coefficient (Wildman–Crippen LogP) is 4.55. The fourth-order valence-electron chi connectivity index (χ4n) is 2.66. The number of pyridine rings is 2. The molecule has 3 heterocycles. The van der Waals surface area contributed by atoms with Gasteiger partial charge in [0.2, 0.25) is 0 Å². The van der Waals surface area contributed by atoms with Crippen LogP contribution in [0.1, 0.15) is 32.2 Å². The molecule has 0 aromatic carbocycles. The summed E-state index contributed by atoms with van der Waals surface area (Å²) in [5, 5.41) is 4.74. The molecule has 0 spiro atoms. The molecule has 0 radical (unpaired) electrons. The molecule has 0 N–H and O–H groups in total. The van der Waals surface area contributed by atoms with Crippen LogP contribution in [0.3, 0.4) is 0 Å². The standard InChI is InChI=1S/C18H19ClN4O2/c1-10-16(11(2)23(22-10)17(24)25-18(3,4)5)12-8-14-13(20-9-12)6-7-15(19)21-14/h6-9H,1-5H3. The second-order valence-corrected chi connectivity index (χ2v) is 7.22. The normalized spacial score (nSPS) is 11.8. The second kappa shape index (κ2) is 6.11. The van der Waals surface area contributed by atoms with Gasteiger partial charge in [0.1, 0.15) is 10.8 Å². The smallest absolute Gasteiger partial charge is 0.435 e. The Morgan fingerprint density at radius 2 is 1.92 bits per heavy atom. The van der Waals surface area contributed by atoms with E-state index in [1.54, 1.807) is 12.3 Å². The first kappa shape index (κ1) is 17.4. The molecular weight excluding hydrogens is 340 g/mol. The van der Waals surface area contributed by atoms with Crippen molar-refractivity contribution in [2.24, 2.45) is 0 Å². The first-order valence-electron chi connectivity index (χ1n) is 7.88. The van der Waals surface area contributed by atoms with Gasteiger partial charge in [-0.2, -0.15) is 9.78 Å². The average Bonchev–Trinajstić information content (AvgIpc) is 2.80. The van der Waals surface area contributed by atoms with Gasteiger partial charge in [0, 0.05) is 17.3 Å². The highest BCUT2D eigenvalue weighted by molar-refractivity contribution is 6.29. The Hall–Kier alpha value is -2.47. The third-order valence-corrected chi connectivity index (χ3v) is 3.86. The van der Waals surface area contributed by atoms with Gasteiger partial charge < -0.3 is 4.74 Å². The van der Waals surface area contributed by atoms with E-state index in [2.05, 4.69) is 15.1 Å². The molecule has 0 bridgehead atoms. The van der Waals surface area contributed by atoms with Gasteiger partial charge in [0.05, 0.1) is 22.4 Å². The molecule has 0 atom stereocenters. The summed E-state index contributed by atoms with van der Waals surface area (Å²) in [6.45, 7) is 9.13. The van der Waals surface area contributed by atoms with E-state index < -0.39 is 11.7 Å². The number of hydrogen-bond acceptors (Lipinski definition) is 5. The van der Waals surface area contributed by atoms with Crippen molar-refractivity contribution >= 4 is 28.7 Å². The summed E-state index contributed by atoms with van der Waals surface area (Å²) in [7, 11) is 0. The van der Waals surface area contributed by atoms with Gasteiger partial charge in [-0.25, -0.2) is 9.78 Å². The summed E-state index contributed by atoms with van der Waals surface area (Å²) < 4.78 is 6.69. The van der Waals surface area contributed by atoms with Crippen LogP contribution in [0.25, 0.3) is 22.2 Å². The fourth-order valence-corrected chi connectivity index (χ4v) is 2.82. The molecule has 0 fully saturated rings. The molecule has 130 valence electrons. The monoisotopic (exact) mass is 358 g/mol. The third kappa shape index (κ3) is 3.49. The zero-order chi connectivity index (χ0) is 18.4. The molecule has 0 aliphatic heterocycles. The number of rotatable bonds is 1. The number of aryl methyl sites for hydroxylation is 1. The van der Waals surface area contributed by atoms with Crippen LogP contribution in [0.15, 0.2) is 24.4 Å². The highest BCUT2D eigenvalue weighted by Crippen LogP contribution is 2.29. The van der Waals surface area contributed by atoms with Crippen LogP contribution < -0.4 is 0 Å². The Kier molecular flexibility index (Phi) is 4.24. The molecule has 0 unspecified atom stereocenters. The summed E-state index contributed by atoms with van der Waals surface area (Å²) >= 11 is 5.97. The van der Waals surface area contributed by atoms with Crippen molar-refractivity contribution in [3.63, 3.8) is 0 Å². The molecule has 3 aromatic rings. The van der Waals surface area contributed by atoms with Gasteiger partial charge in [-0.3, -0.25) is 4.98 Å². The first-order valence-corrected chi connectivity index (χ1v) is 8.26. The van der Waals surface area contributed by atoms with Crippen LogP contribution in [0.4, 0.5) is 4.79 Å². The lowest BCUT2D eigenvalue weighted by molar-refractivity contribution is 0.0510. The summed E-state index contributed by atoms with van der Waals surface area (Å²) in [6, 6.07) is 5.41. The van der Waals surface area contributed by atoms with Gasteiger partial charge in [-0.1, -0.05) is 11.6 Å². The molecule has 25 heavy (non-hydrogen) atoms. The van der Waals surface area contributed by atoms with Crippen molar-refractivity contribution < 1.29 is 9.53 Å². The SMILES string of the molecule is Cc1nn(C(=O)OC(C)(C)C)c(C)c1-c1cnc2ccc(Cl)nc2c1. The van der Waals surface area contributed by atoms with Gasteiger partial charge >= 0.3 is 6.09 Å². The zero-order valence-corrected chi connectivity index (χ0v) is 15.5. The van der Waals surface area contributed by atoms with E-state index in [0.717, 1.165) is 16.6 Å². The second-order valence-electron chi connectivity index (χ2n) is 6.83. The van der Waals surface area contributed by atoms with E-state index in [-0.39, 0.29) is 0 Å². The van der Waals surface area contributed by atoms with E-state index in [1.807, 2.05) is 46.8 Å². The topological polar surface area (TPSA) is 69.9 Å². The Bertz CT molecular complexity index is 973. The number of aromatic nitrogens is 4. The molecule has 0 saturated carbocycles. The lowest BCUT2D eigenvalue weighted by atomic mass is 10.1. The minimum atomic E-state index is -0.589. The van der Waals surface area contributed by atoms with Crippen LogP contribution in [0, 0.1) is 13.8 Å². The number of ether oxygens (including phenoxy) is 1. The number of nitrogens with zero attached hydrogens (tertiary/aromatic N) is 4. The van der Waals surface area contributed by atoms with Crippen molar-refractivity contribution in [3.8, 4) is 11.1 Å². The van der Waals surface area contributed by atoms with E-state index in [9.17, 15) is 4.79 Å². The Morgan fingerprint density at radius 1 is 1.20 bits per heavy atom. The average molecular weight is 359 g/mol. The van der Waals surface area contributed by atoms with E-state index in [0.29, 0.717) is 22.1 Å². The van der Waals surface area contributed by atoms with Crippen LogP contribution in [-0.4, -0.2) is 31.4 Å². The lowest BCUT2D eigenvalue weighted by Gasteiger charge is -2.19. The largest absolute Gasteiger partial charge is 0.442 e. The van der Waals surface area contributed by atoms with E-state index in [1.165, 1.54) is 4.68 Å². The molecular formula is C18H19ClN4O2. The van der Waals surface area contributed by atoms with Crippen LogP contribution >= 0.6 is 11.6 Å². The minimum Gasteiger partial charge on any atom is -0.442 e. The maximum absolute atomic E-state index is 12.4. The van der Waals surface area contributed by atoms with Crippen LogP contribution in [-0.2, 0) is 4.74 Å². The van der Waals surface area contributed by atoms with E-state index >= 15 is 0 Å². The number of halogens is 1. The zero-order valence-electron chi connectivity index (χ0n) is 14.8. The Morgan fingerprint density at radius 3 is 2.60 bits per heavy atom. The van der Waals surface area contributed by atoms with Crippen molar-refractivity contribution in [2.75, 3.05) is 0 Å².